The molecule has 4 aliphatic rings. The van der Waals surface area contributed by atoms with Crippen molar-refractivity contribution in [2.75, 3.05) is 6.54 Å². The number of hydrogen-bond acceptors (Lipinski definition) is 8. The van der Waals surface area contributed by atoms with Gasteiger partial charge in [-0.25, -0.2) is 4.98 Å². The van der Waals surface area contributed by atoms with E-state index in [1.165, 1.54) is 18.6 Å². The molecule has 4 fully saturated rings. The zero-order valence-corrected chi connectivity index (χ0v) is 31.3. The van der Waals surface area contributed by atoms with Crippen molar-refractivity contribution in [2.45, 2.75) is 148 Å². The van der Waals surface area contributed by atoms with Crippen molar-refractivity contribution in [3.63, 3.8) is 0 Å². The van der Waals surface area contributed by atoms with Crippen LogP contribution in [0.25, 0.3) is 0 Å². The molecule has 3 saturated carbocycles. The first-order valence-electron chi connectivity index (χ1n) is 19.3. The fraction of sp³-hybridized carbons (Fsp3) is 0.718. The van der Waals surface area contributed by atoms with Gasteiger partial charge >= 0.3 is 0 Å². The number of carbonyl (C=O) groups is 5. The minimum Gasteiger partial charge on any atom is -0.361 e. The lowest BCUT2D eigenvalue weighted by atomic mass is 9.76. The zero-order chi connectivity index (χ0) is 36.9. The maximum atomic E-state index is 14.5. The molecule has 2 heterocycles. The third-order valence-electron chi connectivity index (χ3n) is 12.3. The average molecular weight is 706 g/mol. The van der Waals surface area contributed by atoms with Crippen molar-refractivity contribution in [2.24, 2.45) is 22.7 Å². The quantitative estimate of drug-likeness (QED) is 0.186. The van der Waals surface area contributed by atoms with Crippen LogP contribution in [0.4, 0.5) is 0 Å². The molecule has 1 saturated heterocycles. The number of nitrogens with one attached hydrogen (secondary N) is 4. The Labute approximate surface area is 303 Å². The normalized spacial score (nSPS) is 25.2. The Hall–Kier alpha value is -3.83. The number of hydrogen-bond donors (Lipinski definition) is 4. The third kappa shape index (κ3) is 8.63. The molecule has 0 radical (unpaired) electrons. The molecule has 1 aliphatic heterocycles. The number of fused-ring (bicyclic) bond motifs is 1. The molecule has 5 rings (SSSR count). The van der Waals surface area contributed by atoms with Gasteiger partial charge in [-0.15, -0.1) is 0 Å². The van der Waals surface area contributed by atoms with Gasteiger partial charge in [-0.3, -0.25) is 29.0 Å². The van der Waals surface area contributed by atoms with Crippen molar-refractivity contribution in [3.05, 3.63) is 36.6 Å². The summed E-state index contributed by atoms with van der Waals surface area (Å²) < 4.78 is 0. The Kier molecular flexibility index (Phi) is 12.2. The van der Waals surface area contributed by atoms with Crippen molar-refractivity contribution in [1.29, 1.82) is 0 Å². The first-order chi connectivity index (χ1) is 24.3. The second-order valence-electron chi connectivity index (χ2n) is 16.3. The van der Waals surface area contributed by atoms with E-state index in [1.807, 2.05) is 6.92 Å². The molecular weight excluding hydrogens is 646 g/mol. The number of Topliss-reactive ketones (excluding diaryl/α,β-unsaturated/α-hetero) is 1. The van der Waals surface area contributed by atoms with Crippen LogP contribution in [-0.2, 0) is 19.2 Å². The Balaban J connectivity index is 1.41. The molecular formula is C39H59N7O5. The smallest absolute Gasteiger partial charge is 0.289 e. The number of amides is 4. The molecule has 280 valence electrons. The van der Waals surface area contributed by atoms with E-state index in [0.717, 1.165) is 64.2 Å². The summed E-state index contributed by atoms with van der Waals surface area (Å²) >= 11 is 0. The summed E-state index contributed by atoms with van der Waals surface area (Å²) in [6.45, 7) is 15.5. The van der Waals surface area contributed by atoms with Gasteiger partial charge in [-0.1, -0.05) is 73.3 Å². The Morgan fingerprint density at radius 2 is 1.71 bits per heavy atom. The van der Waals surface area contributed by atoms with E-state index in [4.69, 9.17) is 0 Å². The highest BCUT2D eigenvalue weighted by Gasteiger charge is 2.58. The van der Waals surface area contributed by atoms with E-state index in [2.05, 4.69) is 70.4 Å². The number of aromatic nitrogens is 2. The van der Waals surface area contributed by atoms with Crippen molar-refractivity contribution in [1.82, 2.24) is 36.1 Å². The standard InChI is InChI=1S/C39H59N7O5/c1-7-13-28(31(47)36(50)42-27-17-18-27)43-37(51)33-39(6)19-12-16-26(39)23-46(33)24(3)32(38(4,5)8-2)45-35(49)30(25-14-10-9-11-15-25)44-34(48)29-22-40-20-21-41-29/h20-22,25-28,30,32-33H,3,7-19,23H2,1-2,4-6H3,(H,42,50)(H,43,51)(H,44,48)(H,45,49). The molecule has 6 atom stereocenters. The molecule has 4 amide bonds. The molecule has 12 heteroatoms. The predicted molar refractivity (Wildman–Crippen MR) is 194 cm³/mol. The fourth-order valence-corrected chi connectivity index (χ4v) is 8.62. The van der Waals surface area contributed by atoms with Gasteiger partial charge in [-0.2, -0.15) is 0 Å². The highest BCUT2D eigenvalue weighted by molar-refractivity contribution is 6.38. The van der Waals surface area contributed by atoms with E-state index >= 15 is 0 Å². The van der Waals surface area contributed by atoms with Gasteiger partial charge in [0.25, 0.3) is 11.8 Å². The van der Waals surface area contributed by atoms with Crippen molar-refractivity contribution >= 4 is 29.4 Å². The van der Waals surface area contributed by atoms with Crippen LogP contribution in [-0.4, -0.2) is 81.0 Å². The monoisotopic (exact) mass is 705 g/mol. The van der Waals surface area contributed by atoms with E-state index < -0.39 is 47.2 Å². The summed E-state index contributed by atoms with van der Waals surface area (Å²) in [5, 5.41) is 12.1. The topological polar surface area (TPSA) is 162 Å². The SMILES string of the molecule is C=C(C(NC(=O)C(NC(=O)c1cnccn1)C1CCCCC1)C(C)(C)CC)N1CC2CCCC2(C)C1C(=O)NC(CCC)C(=O)C(=O)NC1CC1. The molecule has 0 bridgehead atoms. The molecule has 6 unspecified atom stereocenters. The molecule has 0 spiro atoms. The minimum atomic E-state index is -0.919. The van der Waals surface area contributed by atoms with E-state index in [0.29, 0.717) is 31.5 Å². The lowest BCUT2D eigenvalue weighted by Gasteiger charge is -2.43. The first-order valence-corrected chi connectivity index (χ1v) is 19.3. The number of ketones is 1. The van der Waals surface area contributed by atoms with Gasteiger partial charge < -0.3 is 26.2 Å². The van der Waals surface area contributed by atoms with Crippen molar-refractivity contribution in [3.8, 4) is 0 Å². The van der Waals surface area contributed by atoms with Crippen LogP contribution < -0.4 is 21.3 Å². The van der Waals surface area contributed by atoms with E-state index in [9.17, 15) is 24.0 Å². The minimum absolute atomic E-state index is 0.0354. The van der Waals surface area contributed by atoms with Crippen LogP contribution in [0.5, 0.6) is 0 Å². The summed E-state index contributed by atoms with van der Waals surface area (Å²) in [7, 11) is 0. The first kappa shape index (κ1) is 38.4. The number of nitrogens with zero attached hydrogens (tertiary/aromatic N) is 3. The average Bonchev–Trinajstić information content (AvgIpc) is 3.79. The summed E-state index contributed by atoms with van der Waals surface area (Å²) in [6, 6.07) is -2.84. The molecule has 12 nitrogen and oxygen atoms in total. The van der Waals surface area contributed by atoms with Gasteiger partial charge in [0.2, 0.25) is 17.6 Å². The van der Waals surface area contributed by atoms with Crippen LogP contribution in [0.15, 0.2) is 30.9 Å². The number of carbonyl (C=O) groups excluding carboxylic acids is 5. The maximum Gasteiger partial charge on any atom is 0.289 e. The summed E-state index contributed by atoms with van der Waals surface area (Å²) in [6.07, 6.45) is 15.3. The van der Waals surface area contributed by atoms with Crippen LogP contribution in [0, 0.1) is 22.7 Å². The van der Waals surface area contributed by atoms with Gasteiger partial charge in [0.1, 0.15) is 17.8 Å². The van der Waals surface area contributed by atoms with Gasteiger partial charge in [0.15, 0.2) is 0 Å². The highest BCUT2D eigenvalue weighted by Crippen LogP contribution is 2.54. The largest absolute Gasteiger partial charge is 0.361 e. The Morgan fingerprint density at radius 1 is 0.980 bits per heavy atom. The lowest BCUT2D eigenvalue weighted by molar-refractivity contribution is -0.141. The molecule has 3 aliphatic carbocycles. The highest BCUT2D eigenvalue weighted by atomic mass is 16.2. The van der Waals surface area contributed by atoms with E-state index in [1.54, 1.807) is 0 Å². The number of likely N-dealkylation sites (tertiary alicyclic amines) is 1. The predicted octanol–water partition coefficient (Wildman–Crippen LogP) is 4.21. The number of rotatable bonds is 16. The second-order valence-corrected chi connectivity index (χ2v) is 16.3. The summed E-state index contributed by atoms with van der Waals surface area (Å²) in [4.78, 5) is 78.5. The maximum absolute atomic E-state index is 14.5. The summed E-state index contributed by atoms with van der Waals surface area (Å²) in [5.41, 5.74) is -0.0430. The fourth-order valence-electron chi connectivity index (χ4n) is 8.62. The molecule has 0 aromatic carbocycles. The lowest BCUT2D eigenvalue weighted by Crippen LogP contribution is -2.60. The van der Waals surface area contributed by atoms with Crippen LogP contribution in [0.3, 0.4) is 0 Å². The Morgan fingerprint density at radius 3 is 2.33 bits per heavy atom. The molecule has 51 heavy (non-hydrogen) atoms. The van der Waals surface area contributed by atoms with Crippen LogP contribution >= 0.6 is 0 Å². The van der Waals surface area contributed by atoms with Gasteiger partial charge in [-0.05, 0) is 68.6 Å². The molecule has 1 aromatic rings. The Bertz CT molecular complexity index is 1460. The molecule has 1 aromatic heterocycles. The van der Waals surface area contributed by atoms with Gasteiger partial charge in [0, 0.05) is 36.1 Å². The summed E-state index contributed by atoms with van der Waals surface area (Å²) in [5.74, 6) is -2.07. The van der Waals surface area contributed by atoms with E-state index in [-0.39, 0.29) is 40.8 Å². The second kappa shape index (κ2) is 16.2. The van der Waals surface area contributed by atoms with Crippen LogP contribution in [0.2, 0.25) is 0 Å². The van der Waals surface area contributed by atoms with Crippen LogP contribution in [0.1, 0.15) is 129 Å². The molecule has 4 N–H and O–H groups in total. The zero-order valence-electron chi connectivity index (χ0n) is 31.3. The van der Waals surface area contributed by atoms with Gasteiger partial charge in [0.05, 0.1) is 18.3 Å². The van der Waals surface area contributed by atoms with Crippen molar-refractivity contribution < 1.29 is 24.0 Å². The third-order valence-corrected chi connectivity index (χ3v) is 12.3.